The topological polar surface area (TPSA) is 71.7 Å². The maximum atomic E-state index is 12.2. The predicted octanol–water partition coefficient (Wildman–Crippen LogP) is 3.42. The largest absolute Gasteiger partial charge is 0.497 e. The summed E-state index contributed by atoms with van der Waals surface area (Å²) in [7, 11) is 1.55. The van der Waals surface area contributed by atoms with E-state index in [-0.39, 0.29) is 12.5 Å². The zero-order chi connectivity index (χ0) is 17.6. The number of aliphatic hydroxyl groups is 1. The van der Waals surface area contributed by atoms with Gasteiger partial charge in [-0.2, -0.15) is 0 Å². The molecule has 2 N–H and O–H groups in total. The number of aliphatic hydroxyl groups excluding tert-OH is 1. The molecule has 0 aliphatic rings. The summed E-state index contributed by atoms with van der Waals surface area (Å²) in [6.45, 7) is 0.121. The molecule has 0 unspecified atom stereocenters. The molecule has 0 aliphatic carbocycles. The maximum absolute atomic E-state index is 12.2. The molecule has 3 rings (SSSR count). The van der Waals surface area contributed by atoms with Crippen molar-refractivity contribution in [1.82, 2.24) is 5.32 Å². The van der Waals surface area contributed by atoms with Gasteiger partial charge < -0.3 is 19.6 Å². The Balaban J connectivity index is 1.60. The number of nitrogens with one attached hydrogen (secondary N) is 1. The van der Waals surface area contributed by atoms with Gasteiger partial charge >= 0.3 is 0 Å². The lowest BCUT2D eigenvalue weighted by Gasteiger charge is -2.13. The number of methoxy groups -OCH3 is 1. The van der Waals surface area contributed by atoms with Gasteiger partial charge in [0.05, 0.1) is 19.5 Å². The highest BCUT2D eigenvalue weighted by Crippen LogP contribution is 2.22. The van der Waals surface area contributed by atoms with Crippen molar-refractivity contribution in [2.45, 2.75) is 6.10 Å². The molecule has 0 saturated heterocycles. The minimum absolute atomic E-state index is 0.121. The van der Waals surface area contributed by atoms with Gasteiger partial charge in [-0.25, -0.2) is 0 Å². The van der Waals surface area contributed by atoms with Gasteiger partial charge in [0.25, 0.3) is 5.91 Å². The number of ether oxygens (including phenoxy) is 1. The van der Waals surface area contributed by atoms with Crippen LogP contribution in [0, 0.1) is 0 Å². The Labute approximate surface area is 145 Å². The average molecular weight is 337 g/mol. The third kappa shape index (κ3) is 4.08. The van der Waals surface area contributed by atoms with E-state index in [2.05, 4.69) is 5.32 Å². The molecule has 5 heteroatoms. The van der Waals surface area contributed by atoms with Gasteiger partial charge in [0.15, 0.2) is 0 Å². The Kier molecular flexibility index (Phi) is 5.16. The van der Waals surface area contributed by atoms with Crippen LogP contribution in [0.2, 0.25) is 0 Å². The molecule has 1 amide bonds. The molecule has 0 aliphatic heterocycles. The van der Waals surface area contributed by atoms with E-state index in [0.29, 0.717) is 11.3 Å². The lowest BCUT2D eigenvalue weighted by Crippen LogP contribution is -2.28. The summed E-state index contributed by atoms with van der Waals surface area (Å²) < 4.78 is 10.4. The van der Waals surface area contributed by atoms with Crippen molar-refractivity contribution in [3.63, 3.8) is 0 Å². The predicted molar refractivity (Wildman–Crippen MR) is 94.4 cm³/mol. The van der Waals surface area contributed by atoms with Crippen LogP contribution in [0.4, 0.5) is 0 Å². The second kappa shape index (κ2) is 7.68. The first kappa shape index (κ1) is 16.8. The van der Waals surface area contributed by atoms with Crippen LogP contribution < -0.4 is 10.1 Å². The maximum Gasteiger partial charge on any atom is 0.251 e. The summed E-state index contributed by atoms with van der Waals surface area (Å²) in [6.07, 6.45) is 0.826. The lowest BCUT2D eigenvalue weighted by atomic mass is 10.1. The molecule has 0 radical (unpaired) electrons. The normalized spacial score (nSPS) is 11.8. The molecular weight excluding hydrogens is 318 g/mol. The highest BCUT2D eigenvalue weighted by atomic mass is 16.5. The Morgan fingerprint density at radius 2 is 1.96 bits per heavy atom. The Morgan fingerprint density at radius 1 is 1.16 bits per heavy atom. The highest BCUT2D eigenvalue weighted by molar-refractivity contribution is 5.94. The molecule has 0 saturated carbocycles. The lowest BCUT2D eigenvalue weighted by molar-refractivity contribution is 0.0916. The summed E-state index contributed by atoms with van der Waals surface area (Å²) in [6, 6.07) is 18.0. The van der Waals surface area contributed by atoms with E-state index < -0.39 is 6.10 Å². The van der Waals surface area contributed by atoms with Crippen molar-refractivity contribution in [2.75, 3.05) is 13.7 Å². The monoisotopic (exact) mass is 337 g/mol. The Bertz CT molecular complexity index is 825. The number of furan rings is 1. The van der Waals surface area contributed by atoms with Crippen molar-refractivity contribution in [1.29, 1.82) is 0 Å². The average Bonchev–Trinajstić information content (AvgIpc) is 3.20. The molecule has 0 bridgehead atoms. The first-order chi connectivity index (χ1) is 12.2. The van der Waals surface area contributed by atoms with E-state index in [1.165, 1.54) is 0 Å². The molecule has 1 aromatic heterocycles. The number of hydrogen-bond acceptors (Lipinski definition) is 4. The van der Waals surface area contributed by atoms with Crippen molar-refractivity contribution < 1.29 is 19.1 Å². The number of amides is 1. The fourth-order valence-corrected chi connectivity index (χ4v) is 2.49. The number of rotatable bonds is 6. The summed E-state index contributed by atoms with van der Waals surface area (Å²) in [5.74, 6) is 1.12. The van der Waals surface area contributed by atoms with Gasteiger partial charge in [-0.3, -0.25) is 4.79 Å². The molecule has 0 spiro atoms. The van der Waals surface area contributed by atoms with E-state index in [1.807, 2.05) is 36.4 Å². The van der Waals surface area contributed by atoms with Crippen LogP contribution in [0.3, 0.4) is 0 Å². The van der Waals surface area contributed by atoms with Crippen molar-refractivity contribution in [2.24, 2.45) is 0 Å². The van der Waals surface area contributed by atoms with Gasteiger partial charge in [-0.15, -0.1) is 0 Å². The van der Waals surface area contributed by atoms with E-state index in [1.54, 1.807) is 37.6 Å². The summed E-state index contributed by atoms with van der Waals surface area (Å²) in [5, 5.41) is 13.0. The van der Waals surface area contributed by atoms with Crippen LogP contribution in [0.25, 0.3) is 11.3 Å². The second-order valence-electron chi connectivity index (χ2n) is 5.56. The van der Waals surface area contributed by atoms with E-state index in [4.69, 9.17) is 9.15 Å². The van der Waals surface area contributed by atoms with Crippen LogP contribution in [-0.2, 0) is 0 Å². The molecule has 0 fully saturated rings. The molecule has 3 aromatic rings. The third-order valence-electron chi connectivity index (χ3n) is 3.89. The molecule has 128 valence electrons. The molecule has 1 atom stereocenters. The molecule has 2 aromatic carbocycles. The first-order valence-corrected chi connectivity index (χ1v) is 7.91. The fourth-order valence-electron chi connectivity index (χ4n) is 2.49. The van der Waals surface area contributed by atoms with E-state index in [9.17, 15) is 9.90 Å². The van der Waals surface area contributed by atoms with Crippen molar-refractivity contribution >= 4 is 5.91 Å². The number of carbonyl (C=O) groups is 1. The summed E-state index contributed by atoms with van der Waals surface area (Å²) in [5.41, 5.74) is 2.14. The SMILES string of the molecule is COc1cccc(C(=O)NC[C@H](O)c2ccc(-c3ccco3)cc2)c1. The highest BCUT2D eigenvalue weighted by Gasteiger charge is 2.12. The van der Waals surface area contributed by atoms with Gasteiger partial charge in [0.1, 0.15) is 11.5 Å². The third-order valence-corrected chi connectivity index (χ3v) is 3.89. The zero-order valence-corrected chi connectivity index (χ0v) is 13.8. The van der Waals surface area contributed by atoms with Crippen LogP contribution in [0.5, 0.6) is 5.75 Å². The molecule has 5 nitrogen and oxygen atoms in total. The summed E-state index contributed by atoms with van der Waals surface area (Å²) in [4.78, 5) is 12.2. The second-order valence-corrected chi connectivity index (χ2v) is 5.56. The zero-order valence-electron chi connectivity index (χ0n) is 13.8. The number of hydrogen-bond donors (Lipinski definition) is 2. The van der Waals surface area contributed by atoms with Crippen LogP contribution in [-0.4, -0.2) is 24.7 Å². The Morgan fingerprint density at radius 3 is 2.64 bits per heavy atom. The Hall–Kier alpha value is -3.05. The van der Waals surface area contributed by atoms with Gasteiger partial charge in [0.2, 0.25) is 0 Å². The minimum Gasteiger partial charge on any atom is -0.497 e. The molecular formula is C20H19NO4. The minimum atomic E-state index is -0.791. The molecule has 1 heterocycles. The van der Waals surface area contributed by atoms with Crippen LogP contribution in [0.15, 0.2) is 71.3 Å². The standard InChI is InChI=1S/C20H19NO4/c1-24-17-5-2-4-16(12-17)20(23)21-13-18(22)14-7-9-15(10-8-14)19-6-3-11-25-19/h2-12,18,22H,13H2,1H3,(H,21,23)/t18-/m0/s1. The fraction of sp³-hybridized carbons (Fsp3) is 0.150. The number of benzene rings is 2. The quantitative estimate of drug-likeness (QED) is 0.723. The van der Waals surface area contributed by atoms with Crippen molar-refractivity contribution in [3.8, 4) is 17.1 Å². The number of carbonyl (C=O) groups excluding carboxylic acids is 1. The van der Waals surface area contributed by atoms with Crippen molar-refractivity contribution in [3.05, 3.63) is 78.1 Å². The van der Waals surface area contributed by atoms with E-state index in [0.717, 1.165) is 16.9 Å². The van der Waals surface area contributed by atoms with Crippen LogP contribution in [0.1, 0.15) is 22.0 Å². The first-order valence-electron chi connectivity index (χ1n) is 7.91. The van der Waals surface area contributed by atoms with Gasteiger partial charge in [-0.05, 0) is 35.9 Å². The smallest absolute Gasteiger partial charge is 0.251 e. The van der Waals surface area contributed by atoms with Gasteiger partial charge in [-0.1, -0.05) is 30.3 Å². The van der Waals surface area contributed by atoms with E-state index >= 15 is 0 Å². The summed E-state index contributed by atoms with van der Waals surface area (Å²) >= 11 is 0. The molecule has 25 heavy (non-hydrogen) atoms. The van der Waals surface area contributed by atoms with Crippen LogP contribution >= 0.6 is 0 Å². The van der Waals surface area contributed by atoms with Gasteiger partial charge in [0, 0.05) is 17.7 Å².